The molecule has 0 amide bonds. The lowest BCUT2D eigenvalue weighted by Gasteiger charge is -2.26. The maximum atomic E-state index is 5.47. The number of rotatable bonds is 7. The molecule has 0 unspecified atom stereocenters. The summed E-state index contributed by atoms with van der Waals surface area (Å²) >= 11 is 0. The van der Waals surface area contributed by atoms with Crippen molar-refractivity contribution < 1.29 is 0 Å². The van der Waals surface area contributed by atoms with E-state index in [0.717, 1.165) is 67.1 Å². The van der Waals surface area contributed by atoms with Crippen molar-refractivity contribution in [1.82, 2.24) is 29.5 Å². The lowest BCUT2D eigenvalue weighted by molar-refractivity contribution is 0.569. The van der Waals surface area contributed by atoms with Gasteiger partial charge < -0.3 is 4.57 Å². The molecule has 10 aromatic rings. The highest BCUT2D eigenvalue weighted by Gasteiger charge is 2.26. The van der Waals surface area contributed by atoms with Gasteiger partial charge in [0.05, 0.1) is 28.1 Å². The molecule has 0 fully saturated rings. The lowest BCUT2D eigenvalue weighted by Crippen LogP contribution is -2.17. The molecule has 0 saturated carbocycles. The minimum absolute atomic E-state index is 0.0236. The molecule has 0 atom stereocenters. The highest BCUT2D eigenvalue weighted by Crippen LogP contribution is 2.41. The number of nitrogens with zero attached hydrogens (tertiary/aromatic N) is 6. The normalized spacial score (nSPS) is 12.5. The van der Waals surface area contributed by atoms with Crippen molar-refractivity contribution in [2.45, 2.75) is 112 Å². The molecule has 6 nitrogen and oxygen atoms in total. The van der Waals surface area contributed by atoms with Crippen LogP contribution >= 0.6 is 0 Å². The van der Waals surface area contributed by atoms with Crippen LogP contribution in [0.25, 0.3) is 95.6 Å². The van der Waals surface area contributed by atoms with Crippen molar-refractivity contribution in [3.63, 3.8) is 0 Å². The highest BCUT2D eigenvalue weighted by atomic mass is 15.0. The second-order valence-corrected chi connectivity index (χ2v) is 23.7. The van der Waals surface area contributed by atoms with Gasteiger partial charge in [-0.2, -0.15) is 0 Å². The summed E-state index contributed by atoms with van der Waals surface area (Å²) in [5.41, 5.74) is 16.3. The third kappa shape index (κ3) is 9.51. The van der Waals surface area contributed by atoms with Crippen LogP contribution in [0.4, 0.5) is 0 Å². The second-order valence-electron chi connectivity index (χ2n) is 23.7. The summed E-state index contributed by atoms with van der Waals surface area (Å²) in [6.45, 7) is 29.4. The third-order valence-corrected chi connectivity index (χ3v) is 13.9. The first-order valence-electron chi connectivity index (χ1n) is 25.3. The molecule has 360 valence electrons. The second kappa shape index (κ2) is 17.9. The van der Waals surface area contributed by atoms with Crippen LogP contribution in [0.2, 0.25) is 0 Å². The standard InChI is InChI=1S/C66H66N6/c1-41-32-45(34-48(33-41)64(5,6)7)61-69-60(70-62(71-61)46-35-49(65(8,9)10)38-50(36-46)66(11,12)13)44-28-30-58(72-56-27-21-20-26-51(56)52-39-47(63(2,3)4)29-31-57(52)72)53(37-44)55-40-54(42-22-16-14-17-23-42)67-59(68-55)43-24-18-15-19-25-43/h14-40H,1-13H3. The lowest BCUT2D eigenvalue weighted by atomic mass is 9.79. The van der Waals surface area contributed by atoms with E-state index in [-0.39, 0.29) is 21.7 Å². The fraction of sp³-hybridized carbons (Fsp3) is 0.258. The molecule has 0 bridgehead atoms. The van der Waals surface area contributed by atoms with Gasteiger partial charge in [-0.3, -0.25) is 0 Å². The summed E-state index contributed by atoms with van der Waals surface area (Å²) in [5.74, 6) is 2.49. The highest BCUT2D eigenvalue weighted by molar-refractivity contribution is 6.10. The fourth-order valence-electron chi connectivity index (χ4n) is 9.56. The van der Waals surface area contributed by atoms with Crippen LogP contribution in [0, 0.1) is 6.92 Å². The van der Waals surface area contributed by atoms with Crippen molar-refractivity contribution in [1.29, 1.82) is 0 Å². The molecule has 10 rings (SSSR count). The molecule has 0 saturated heterocycles. The summed E-state index contributed by atoms with van der Waals surface area (Å²) in [7, 11) is 0. The van der Waals surface area contributed by atoms with Crippen molar-refractivity contribution >= 4 is 21.8 Å². The monoisotopic (exact) mass is 943 g/mol. The number of hydrogen-bond donors (Lipinski definition) is 0. The molecule has 0 aliphatic heterocycles. The summed E-state index contributed by atoms with van der Waals surface area (Å²) in [6.07, 6.45) is 0. The van der Waals surface area contributed by atoms with Crippen molar-refractivity contribution in [2.75, 3.05) is 0 Å². The molecule has 6 heteroatoms. The van der Waals surface area contributed by atoms with Gasteiger partial charge in [0.25, 0.3) is 0 Å². The summed E-state index contributed by atoms with van der Waals surface area (Å²) in [6, 6.07) is 58.7. The van der Waals surface area contributed by atoms with Crippen LogP contribution in [0.5, 0.6) is 0 Å². The Balaban J connectivity index is 1.29. The van der Waals surface area contributed by atoms with Crippen LogP contribution in [0.15, 0.2) is 164 Å². The van der Waals surface area contributed by atoms with Gasteiger partial charge in [-0.15, -0.1) is 0 Å². The van der Waals surface area contributed by atoms with E-state index in [4.69, 9.17) is 24.9 Å². The zero-order chi connectivity index (χ0) is 50.9. The molecule has 0 N–H and O–H groups in total. The Labute approximate surface area is 426 Å². The quantitative estimate of drug-likeness (QED) is 0.159. The van der Waals surface area contributed by atoms with E-state index in [2.05, 4.69) is 234 Å². The van der Waals surface area contributed by atoms with E-state index in [9.17, 15) is 0 Å². The number of benzene rings is 7. The summed E-state index contributed by atoms with van der Waals surface area (Å²) in [4.78, 5) is 27.0. The maximum absolute atomic E-state index is 5.47. The molecule has 3 heterocycles. The predicted molar refractivity (Wildman–Crippen MR) is 302 cm³/mol. The van der Waals surface area contributed by atoms with Gasteiger partial charge in [0.15, 0.2) is 23.3 Å². The van der Waals surface area contributed by atoms with Crippen LogP contribution < -0.4 is 0 Å². The first kappa shape index (κ1) is 48.1. The Bertz CT molecular complexity index is 3580. The summed E-state index contributed by atoms with van der Waals surface area (Å²) in [5, 5.41) is 2.40. The van der Waals surface area contributed by atoms with Crippen molar-refractivity contribution in [2.24, 2.45) is 0 Å². The first-order valence-corrected chi connectivity index (χ1v) is 25.3. The molecule has 0 spiro atoms. The fourth-order valence-corrected chi connectivity index (χ4v) is 9.56. The van der Waals surface area contributed by atoms with Crippen molar-refractivity contribution in [3.8, 4) is 73.8 Å². The largest absolute Gasteiger partial charge is 0.309 e. The number of aryl methyl sites for hydroxylation is 1. The maximum Gasteiger partial charge on any atom is 0.164 e. The Hall–Kier alpha value is -7.57. The van der Waals surface area contributed by atoms with Gasteiger partial charge in [0.2, 0.25) is 0 Å². The molecular weight excluding hydrogens is 877 g/mol. The average Bonchev–Trinajstić information content (AvgIpc) is 3.68. The van der Waals surface area contributed by atoms with Gasteiger partial charge in [-0.25, -0.2) is 24.9 Å². The van der Waals surface area contributed by atoms with E-state index < -0.39 is 0 Å². The Kier molecular flexibility index (Phi) is 12.0. The minimum Gasteiger partial charge on any atom is -0.309 e. The molecule has 7 aromatic carbocycles. The summed E-state index contributed by atoms with van der Waals surface area (Å²) < 4.78 is 2.40. The molecule has 0 aliphatic carbocycles. The zero-order valence-corrected chi connectivity index (χ0v) is 44.3. The van der Waals surface area contributed by atoms with Gasteiger partial charge in [-0.1, -0.05) is 186 Å². The van der Waals surface area contributed by atoms with Gasteiger partial charge >= 0.3 is 0 Å². The SMILES string of the molecule is Cc1cc(-c2nc(-c3cc(C(C)(C)C)cc(C(C)(C)C)c3)nc(-c3ccc(-n4c5ccccc5c5cc(C(C)(C)C)ccc54)c(-c4cc(-c5ccccc5)nc(-c5ccccc5)n4)c3)n2)cc(C(C)(C)C)c1. The molecule has 0 radical (unpaired) electrons. The zero-order valence-electron chi connectivity index (χ0n) is 44.3. The molecule has 0 aliphatic rings. The number of fused-ring (bicyclic) bond motifs is 3. The first-order chi connectivity index (χ1) is 34.1. The van der Waals surface area contributed by atoms with Crippen LogP contribution in [0.1, 0.15) is 111 Å². The van der Waals surface area contributed by atoms with Crippen LogP contribution in [0.3, 0.4) is 0 Å². The molecular formula is C66H66N6. The Morgan fingerprint density at radius 1 is 0.319 bits per heavy atom. The van der Waals surface area contributed by atoms with E-state index in [1.54, 1.807) is 0 Å². The Morgan fingerprint density at radius 2 is 0.806 bits per heavy atom. The third-order valence-electron chi connectivity index (χ3n) is 13.9. The predicted octanol–water partition coefficient (Wildman–Crippen LogP) is 17.3. The number of hydrogen-bond acceptors (Lipinski definition) is 5. The average molecular weight is 943 g/mol. The van der Waals surface area contributed by atoms with E-state index in [1.807, 2.05) is 24.3 Å². The van der Waals surface area contributed by atoms with Gasteiger partial charge in [-0.05, 0) is 118 Å². The van der Waals surface area contributed by atoms with Crippen molar-refractivity contribution in [3.05, 3.63) is 192 Å². The smallest absolute Gasteiger partial charge is 0.164 e. The molecule has 3 aromatic heterocycles. The Morgan fingerprint density at radius 3 is 1.40 bits per heavy atom. The van der Waals surface area contributed by atoms with Crippen LogP contribution in [-0.4, -0.2) is 29.5 Å². The topological polar surface area (TPSA) is 69.4 Å². The van der Waals surface area contributed by atoms with Gasteiger partial charge in [0, 0.05) is 44.2 Å². The van der Waals surface area contributed by atoms with Crippen LogP contribution in [-0.2, 0) is 21.7 Å². The number of para-hydroxylation sites is 1. The molecule has 72 heavy (non-hydrogen) atoms. The van der Waals surface area contributed by atoms with Gasteiger partial charge in [0.1, 0.15) is 0 Å². The van der Waals surface area contributed by atoms with E-state index >= 15 is 0 Å². The number of aromatic nitrogens is 6. The minimum atomic E-state index is -0.104. The van der Waals surface area contributed by atoms with E-state index in [1.165, 1.54) is 33.0 Å². The van der Waals surface area contributed by atoms with E-state index in [0.29, 0.717) is 23.3 Å².